The van der Waals surface area contributed by atoms with Crippen molar-refractivity contribution >= 4 is 33.2 Å². The summed E-state index contributed by atoms with van der Waals surface area (Å²) in [6, 6.07) is 7.41. The van der Waals surface area contributed by atoms with Crippen molar-refractivity contribution in [3.8, 4) is 0 Å². The Bertz CT molecular complexity index is 819. The second-order valence-electron chi connectivity index (χ2n) is 5.46. The molecule has 0 aliphatic rings. The van der Waals surface area contributed by atoms with Gasteiger partial charge in [0.05, 0.1) is 24.8 Å². The third-order valence-electron chi connectivity index (χ3n) is 3.51. The maximum absolute atomic E-state index is 12.4. The average molecular weight is 371 g/mol. The number of hydrogen-bond donors (Lipinski definition) is 1. The molecule has 1 amide bonds. The van der Waals surface area contributed by atoms with Gasteiger partial charge in [-0.2, -0.15) is 0 Å². The minimum absolute atomic E-state index is 0.183. The third kappa shape index (κ3) is 4.30. The number of carbonyl (C=O) groups excluding carboxylic acids is 1. The maximum atomic E-state index is 12.4. The van der Waals surface area contributed by atoms with Gasteiger partial charge in [-0.25, -0.2) is 8.42 Å². The second-order valence-corrected chi connectivity index (χ2v) is 7.76. The molecule has 1 aromatic carbocycles. The number of sulfonamides is 1. The molecular weight excluding hydrogens is 352 g/mol. The quantitative estimate of drug-likeness (QED) is 0.847. The van der Waals surface area contributed by atoms with E-state index in [0.717, 1.165) is 10.6 Å². The van der Waals surface area contributed by atoms with E-state index in [4.69, 9.17) is 16.0 Å². The molecule has 6 nitrogen and oxygen atoms in total. The summed E-state index contributed by atoms with van der Waals surface area (Å²) in [5, 5.41) is 3.07. The summed E-state index contributed by atoms with van der Waals surface area (Å²) >= 11 is 5.99. The van der Waals surface area contributed by atoms with Crippen LogP contribution in [0.1, 0.15) is 18.2 Å². The number of benzene rings is 1. The number of halogens is 1. The fraction of sp³-hybridized carbons (Fsp3) is 0.312. The lowest BCUT2D eigenvalue weighted by molar-refractivity contribution is -0.122. The van der Waals surface area contributed by atoms with E-state index in [2.05, 4.69) is 5.32 Å². The normalized spacial score (nSPS) is 12.7. The first-order valence-corrected chi connectivity index (χ1v) is 9.48. The van der Waals surface area contributed by atoms with Gasteiger partial charge in [-0.3, -0.25) is 9.10 Å². The van der Waals surface area contributed by atoms with E-state index in [9.17, 15) is 13.2 Å². The number of amides is 1. The first-order chi connectivity index (χ1) is 11.2. The van der Waals surface area contributed by atoms with Crippen molar-refractivity contribution in [1.82, 2.24) is 5.32 Å². The van der Waals surface area contributed by atoms with E-state index in [1.807, 2.05) is 0 Å². The predicted molar refractivity (Wildman–Crippen MR) is 93.5 cm³/mol. The molecule has 0 aliphatic carbocycles. The Labute approximate surface area is 146 Å². The second kappa shape index (κ2) is 7.27. The number of anilines is 1. The summed E-state index contributed by atoms with van der Waals surface area (Å²) in [5.41, 5.74) is 1.08. The van der Waals surface area contributed by atoms with Crippen LogP contribution in [0.25, 0.3) is 0 Å². The zero-order valence-corrected chi connectivity index (χ0v) is 15.2. The molecule has 0 radical (unpaired) electrons. The lowest BCUT2D eigenvalue weighted by Gasteiger charge is -2.29. The topological polar surface area (TPSA) is 79.6 Å². The molecule has 2 rings (SSSR count). The highest BCUT2D eigenvalue weighted by Crippen LogP contribution is 2.28. The van der Waals surface area contributed by atoms with Crippen LogP contribution in [-0.2, 0) is 21.4 Å². The van der Waals surface area contributed by atoms with E-state index >= 15 is 0 Å². The molecule has 0 bridgehead atoms. The van der Waals surface area contributed by atoms with Crippen LogP contribution >= 0.6 is 11.6 Å². The van der Waals surface area contributed by atoms with Crippen LogP contribution in [0.5, 0.6) is 0 Å². The Kier molecular flexibility index (Phi) is 5.56. The highest BCUT2D eigenvalue weighted by Gasteiger charge is 2.30. The lowest BCUT2D eigenvalue weighted by Crippen LogP contribution is -2.47. The fourth-order valence-corrected chi connectivity index (χ4v) is 3.73. The van der Waals surface area contributed by atoms with Gasteiger partial charge in [0.2, 0.25) is 15.9 Å². The zero-order valence-electron chi connectivity index (χ0n) is 13.6. The van der Waals surface area contributed by atoms with E-state index in [1.165, 1.54) is 19.3 Å². The summed E-state index contributed by atoms with van der Waals surface area (Å²) in [4.78, 5) is 12.4. The summed E-state index contributed by atoms with van der Waals surface area (Å²) in [7, 11) is -3.68. The first kappa shape index (κ1) is 18.4. The first-order valence-electron chi connectivity index (χ1n) is 7.26. The van der Waals surface area contributed by atoms with Gasteiger partial charge in [-0.1, -0.05) is 17.7 Å². The number of carbonyl (C=O) groups is 1. The Morgan fingerprint density at radius 1 is 1.38 bits per heavy atom. The molecule has 1 heterocycles. The summed E-state index contributed by atoms with van der Waals surface area (Å²) < 4.78 is 30.7. The van der Waals surface area contributed by atoms with Crippen molar-refractivity contribution in [2.45, 2.75) is 26.4 Å². The smallest absolute Gasteiger partial charge is 0.243 e. The highest BCUT2D eigenvalue weighted by atomic mass is 35.5. The Morgan fingerprint density at radius 2 is 2.08 bits per heavy atom. The minimum atomic E-state index is -3.68. The van der Waals surface area contributed by atoms with Crippen LogP contribution in [0, 0.1) is 6.92 Å². The van der Waals surface area contributed by atoms with Gasteiger partial charge >= 0.3 is 0 Å². The molecule has 0 aliphatic heterocycles. The van der Waals surface area contributed by atoms with E-state index < -0.39 is 22.0 Å². The van der Waals surface area contributed by atoms with Crippen molar-refractivity contribution < 1.29 is 17.6 Å². The minimum Gasteiger partial charge on any atom is -0.467 e. The monoisotopic (exact) mass is 370 g/mol. The number of aryl methyl sites for hydroxylation is 1. The van der Waals surface area contributed by atoms with Gasteiger partial charge in [-0.15, -0.1) is 0 Å². The molecular formula is C16H19ClN2O4S. The van der Waals surface area contributed by atoms with Gasteiger partial charge in [-0.05, 0) is 43.7 Å². The van der Waals surface area contributed by atoms with Crippen molar-refractivity contribution in [1.29, 1.82) is 0 Å². The standard InChI is InChI=1S/C16H19ClN2O4S/c1-11-6-7-13(17)9-15(11)19(24(3,21)22)12(2)16(20)18-10-14-5-4-8-23-14/h4-9,12H,10H2,1-3H3,(H,18,20)/t12-/m1/s1. The van der Waals surface area contributed by atoms with E-state index in [1.54, 1.807) is 31.2 Å². The molecule has 2 aromatic rings. The maximum Gasteiger partial charge on any atom is 0.243 e. The molecule has 0 saturated heterocycles. The highest BCUT2D eigenvalue weighted by molar-refractivity contribution is 7.92. The Balaban J connectivity index is 2.27. The van der Waals surface area contributed by atoms with Gasteiger partial charge in [0, 0.05) is 5.02 Å². The molecule has 1 atom stereocenters. The number of furan rings is 1. The number of rotatable bonds is 6. The van der Waals surface area contributed by atoms with E-state index in [0.29, 0.717) is 22.0 Å². The zero-order chi connectivity index (χ0) is 17.9. The van der Waals surface area contributed by atoms with Gasteiger partial charge in [0.1, 0.15) is 11.8 Å². The van der Waals surface area contributed by atoms with Crippen molar-refractivity contribution in [2.75, 3.05) is 10.6 Å². The van der Waals surface area contributed by atoms with Crippen LogP contribution < -0.4 is 9.62 Å². The molecule has 0 spiro atoms. The van der Waals surface area contributed by atoms with Crippen LogP contribution in [0.3, 0.4) is 0 Å². The van der Waals surface area contributed by atoms with Gasteiger partial charge < -0.3 is 9.73 Å². The van der Waals surface area contributed by atoms with E-state index in [-0.39, 0.29) is 6.54 Å². The summed E-state index contributed by atoms with van der Waals surface area (Å²) in [6.07, 6.45) is 2.56. The SMILES string of the molecule is Cc1ccc(Cl)cc1N([C@H](C)C(=O)NCc1ccco1)S(C)(=O)=O. The van der Waals surface area contributed by atoms with Gasteiger partial charge in [0.25, 0.3) is 0 Å². The molecule has 24 heavy (non-hydrogen) atoms. The molecule has 0 saturated carbocycles. The molecule has 1 aromatic heterocycles. The van der Waals surface area contributed by atoms with Crippen molar-refractivity contribution in [3.63, 3.8) is 0 Å². The summed E-state index contributed by atoms with van der Waals surface area (Å²) in [5.74, 6) is 0.150. The lowest BCUT2D eigenvalue weighted by atomic mass is 10.2. The summed E-state index contributed by atoms with van der Waals surface area (Å²) in [6.45, 7) is 3.47. The Morgan fingerprint density at radius 3 is 2.67 bits per heavy atom. The number of hydrogen-bond acceptors (Lipinski definition) is 4. The van der Waals surface area contributed by atoms with Crippen LogP contribution in [0.4, 0.5) is 5.69 Å². The average Bonchev–Trinajstić information content (AvgIpc) is 3.00. The molecule has 130 valence electrons. The number of nitrogens with one attached hydrogen (secondary N) is 1. The molecule has 0 unspecified atom stereocenters. The van der Waals surface area contributed by atoms with Crippen molar-refractivity contribution in [3.05, 3.63) is 52.9 Å². The fourth-order valence-electron chi connectivity index (χ4n) is 2.34. The van der Waals surface area contributed by atoms with Crippen LogP contribution in [-0.4, -0.2) is 26.6 Å². The molecule has 1 N–H and O–H groups in total. The molecule has 0 fully saturated rings. The number of nitrogens with zero attached hydrogens (tertiary/aromatic N) is 1. The largest absolute Gasteiger partial charge is 0.467 e. The van der Waals surface area contributed by atoms with Crippen LogP contribution in [0.15, 0.2) is 41.0 Å². The third-order valence-corrected chi connectivity index (χ3v) is 4.98. The molecule has 8 heteroatoms. The van der Waals surface area contributed by atoms with Crippen molar-refractivity contribution in [2.24, 2.45) is 0 Å². The predicted octanol–water partition coefficient (Wildman–Crippen LogP) is 2.71. The van der Waals surface area contributed by atoms with Gasteiger partial charge in [0.15, 0.2) is 0 Å². The van der Waals surface area contributed by atoms with Crippen LogP contribution in [0.2, 0.25) is 5.02 Å². The Hall–Kier alpha value is -1.99.